The Bertz CT molecular complexity index is 197. The van der Waals surface area contributed by atoms with Gasteiger partial charge in [0.05, 0.1) is 5.84 Å². The number of amidine groups is 1. The van der Waals surface area contributed by atoms with E-state index in [0.29, 0.717) is 18.3 Å². The van der Waals surface area contributed by atoms with Gasteiger partial charge in [-0.15, -0.1) is 0 Å². The molecule has 1 atom stereocenters. The molecule has 0 aliphatic carbocycles. The van der Waals surface area contributed by atoms with E-state index in [9.17, 15) is 0 Å². The number of piperazine rings is 1. The van der Waals surface area contributed by atoms with Gasteiger partial charge < -0.3 is 10.6 Å². The largest absolute Gasteiger partial charge is 0.388 e. The minimum Gasteiger partial charge on any atom is -0.388 e. The van der Waals surface area contributed by atoms with Crippen LogP contribution in [0.4, 0.5) is 0 Å². The van der Waals surface area contributed by atoms with Crippen LogP contribution in [0.25, 0.3) is 0 Å². The second-order valence-corrected chi connectivity index (χ2v) is 4.46. The number of hydrogen-bond donors (Lipinski definition) is 2. The zero-order chi connectivity index (χ0) is 11.3. The van der Waals surface area contributed by atoms with E-state index in [1.165, 1.54) is 13.0 Å². The molecular formula is C11H24N4. The number of rotatable bonds is 5. The first-order valence-electron chi connectivity index (χ1n) is 5.92. The third-order valence-corrected chi connectivity index (χ3v) is 3.09. The summed E-state index contributed by atoms with van der Waals surface area (Å²) in [6.45, 7) is 10.2. The van der Waals surface area contributed by atoms with Crippen molar-refractivity contribution in [3.8, 4) is 0 Å². The highest BCUT2D eigenvalue weighted by atomic mass is 15.3. The molecule has 1 aliphatic rings. The number of hydrogen-bond acceptors (Lipinski definition) is 3. The maximum Gasteiger partial charge on any atom is 0.0920 e. The molecule has 1 fully saturated rings. The molecule has 1 saturated heterocycles. The van der Waals surface area contributed by atoms with Crippen LogP contribution in [-0.4, -0.2) is 54.4 Å². The predicted octanol–water partition coefficient (Wildman–Crippen LogP) is 0.729. The van der Waals surface area contributed by atoms with Crippen molar-refractivity contribution in [1.82, 2.24) is 9.80 Å². The first kappa shape index (κ1) is 12.5. The quantitative estimate of drug-likeness (QED) is 0.522. The molecule has 0 bridgehead atoms. The Hall–Kier alpha value is -0.610. The van der Waals surface area contributed by atoms with E-state index in [0.717, 1.165) is 26.2 Å². The summed E-state index contributed by atoms with van der Waals surface area (Å²) in [6.07, 6.45) is 1.94. The lowest BCUT2D eigenvalue weighted by atomic mass is 10.1. The highest BCUT2D eigenvalue weighted by molar-refractivity contribution is 5.77. The van der Waals surface area contributed by atoms with Gasteiger partial charge in [0.2, 0.25) is 0 Å². The van der Waals surface area contributed by atoms with Gasteiger partial charge in [-0.2, -0.15) is 0 Å². The summed E-state index contributed by atoms with van der Waals surface area (Å²) in [5, 5.41) is 7.29. The highest BCUT2D eigenvalue weighted by Gasteiger charge is 2.20. The molecule has 1 rings (SSSR count). The molecular weight excluding hydrogens is 188 g/mol. The predicted molar refractivity (Wildman–Crippen MR) is 64.3 cm³/mol. The molecule has 88 valence electrons. The van der Waals surface area contributed by atoms with Crippen molar-refractivity contribution in [2.24, 2.45) is 5.73 Å². The summed E-state index contributed by atoms with van der Waals surface area (Å²) >= 11 is 0. The van der Waals surface area contributed by atoms with Crippen LogP contribution in [0, 0.1) is 5.41 Å². The highest BCUT2D eigenvalue weighted by Crippen LogP contribution is 2.08. The van der Waals surface area contributed by atoms with Crippen LogP contribution >= 0.6 is 0 Å². The summed E-state index contributed by atoms with van der Waals surface area (Å²) in [5.41, 5.74) is 5.42. The van der Waals surface area contributed by atoms with Gasteiger partial charge in [0.1, 0.15) is 0 Å². The fourth-order valence-electron chi connectivity index (χ4n) is 2.19. The van der Waals surface area contributed by atoms with E-state index in [-0.39, 0.29) is 0 Å². The van der Waals surface area contributed by atoms with Crippen molar-refractivity contribution in [2.75, 3.05) is 32.7 Å². The Labute approximate surface area is 92.9 Å². The third kappa shape index (κ3) is 4.18. The van der Waals surface area contributed by atoms with Gasteiger partial charge in [-0.25, -0.2) is 0 Å². The molecule has 3 N–H and O–H groups in total. The van der Waals surface area contributed by atoms with Crippen molar-refractivity contribution < 1.29 is 0 Å². The van der Waals surface area contributed by atoms with Crippen LogP contribution in [0.1, 0.15) is 26.7 Å². The van der Waals surface area contributed by atoms with Crippen molar-refractivity contribution in [2.45, 2.75) is 32.7 Å². The average Bonchev–Trinajstić information content (AvgIpc) is 2.18. The van der Waals surface area contributed by atoms with E-state index in [2.05, 4.69) is 23.6 Å². The Kier molecular flexibility index (Phi) is 5.05. The minimum atomic E-state index is 0.304. The normalized spacial score (nSPS) is 21.5. The third-order valence-electron chi connectivity index (χ3n) is 3.09. The lowest BCUT2D eigenvalue weighted by Gasteiger charge is -2.37. The topological polar surface area (TPSA) is 56.4 Å². The van der Waals surface area contributed by atoms with E-state index >= 15 is 0 Å². The number of nitrogens with one attached hydrogen (secondary N) is 1. The van der Waals surface area contributed by atoms with Gasteiger partial charge in [0, 0.05) is 38.6 Å². The number of nitrogens with zero attached hydrogens (tertiary/aromatic N) is 2. The van der Waals surface area contributed by atoms with Crippen LogP contribution in [0.5, 0.6) is 0 Å². The molecule has 4 nitrogen and oxygen atoms in total. The second kappa shape index (κ2) is 6.08. The van der Waals surface area contributed by atoms with Gasteiger partial charge in [-0.1, -0.05) is 6.92 Å². The molecule has 1 unspecified atom stereocenters. The van der Waals surface area contributed by atoms with E-state index in [1.54, 1.807) is 0 Å². The van der Waals surface area contributed by atoms with Crippen LogP contribution in [0.15, 0.2) is 0 Å². The fourth-order valence-corrected chi connectivity index (χ4v) is 2.19. The van der Waals surface area contributed by atoms with E-state index in [1.807, 2.05) is 0 Å². The lowest BCUT2D eigenvalue weighted by Crippen LogP contribution is -2.50. The molecule has 0 aromatic heterocycles. The SMILES string of the molecule is CCCN1CCN(C(C)CC(=N)N)CC1. The molecule has 15 heavy (non-hydrogen) atoms. The standard InChI is InChI=1S/C11H24N4/c1-3-4-14-5-7-15(8-6-14)10(2)9-11(12)13/h10H,3-9H2,1-2H3,(H3,12,13). The molecule has 0 aromatic carbocycles. The van der Waals surface area contributed by atoms with Gasteiger partial charge >= 0.3 is 0 Å². The molecule has 0 aromatic rings. The zero-order valence-corrected chi connectivity index (χ0v) is 10.00. The molecule has 0 amide bonds. The van der Waals surface area contributed by atoms with Crippen LogP contribution < -0.4 is 5.73 Å². The van der Waals surface area contributed by atoms with Gasteiger partial charge in [-0.3, -0.25) is 10.3 Å². The first-order valence-corrected chi connectivity index (χ1v) is 5.92. The van der Waals surface area contributed by atoms with Crippen molar-refractivity contribution in [3.63, 3.8) is 0 Å². The summed E-state index contributed by atoms with van der Waals surface area (Å²) in [5.74, 6) is 0.304. The Balaban J connectivity index is 2.27. The minimum absolute atomic E-state index is 0.304. The monoisotopic (exact) mass is 212 g/mol. The van der Waals surface area contributed by atoms with Gasteiger partial charge in [0.25, 0.3) is 0 Å². The molecule has 0 saturated carbocycles. The lowest BCUT2D eigenvalue weighted by molar-refractivity contribution is 0.105. The molecule has 0 spiro atoms. The first-order chi connectivity index (χ1) is 7.13. The van der Waals surface area contributed by atoms with Crippen molar-refractivity contribution in [3.05, 3.63) is 0 Å². The van der Waals surface area contributed by atoms with E-state index < -0.39 is 0 Å². The summed E-state index contributed by atoms with van der Waals surface area (Å²) in [7, 11) is 0. The zero-order valence-electron chi connectivity index (χ0n) is 10.00. The average molecular weight is 212 g/mol. The number of nitrogens with two attached hydrogens (primary N) is 1. The van der Waals surface area contributed by atoms with Gasteiger partial charge in [-0.05, 0) is 19.9 Å². The molecule has 1 aliphatic heterocycles. The van der Waals surface area contributed by atoms with E-state index in [4.69, 9.17) is 11.1 Å². The van der Waals surface area contributed by atoms with Crippen molar-refractivity contribution in [1.29, 1.82) is 5.41 Å². The fraction of sp³-hybridized carbons (Fsp3) is 0.909. The maximum atomic E-state index is 7.29. The van der Waals surface area contributed by atoms with Crippen LogP contribution in [0.3, 0.4) is 0 Å². The maximum absolute atomic E-state index is 7.29. The Morgan fingerprint density at radius 1 is 1.33 bits per heavy atom. The molecule has 0 radical (unpaired) electrons. The second-order valence-electron chi connectivity index (χ2n) is 4.46. The van der Waals surface area contributed by atoms with Gasteiger partial charge in [0.15, 0.2) is 0 Å². The molecule has 1 heterocycles. The van der Waals surface area contributed by atoms with Crippen LogP contribution in [0.2, 0.25) is 0 Å². The van der Waals surface area contributed by atoms with Crippen molar-refractivity contribution >= 4 is 5.84 Å². The summed E-state index contributed by atoms with van der Waals surface area (Å²) in [4.78, 5) is 4.95. The Morgan fingerprint density at radius 3 is 2.40 bits per heavy atom. The molecule has 4 heteroatoms. The Morgan fingerprint density at radius 2 is 1.93 bits per heavy atom. The van der Waals surface area contributed by atoms with Crippen LogP contribution in [-0.2, 0) is 0 Å². The summed E-state index contributed by atoms with van der Waals surface area (Å²) in [6, 6.07) is 0.422. The smallest absolute Gasteiger partial charge is 0.0920 e. The summed E-state index contributed by atoms with van der Waals surface area (Å²) < 4.78 is 0.